The lowest BCUT2D eigenvalue weighted by Crippen LogP contribution is -2.55. The average Bonchev–Trinajstić information content (AvgIpc) is 2.53. The highest BCUT2D eigenvalue weighted by molar-refractivity contribution is 4.85. The highest BCUT2D eigenvalue weighted by atomic mass is 15.3. The quantitative estimate of drug-likeness (QED) is 0.851. The van der Waals surface area contributed by atoms with Crippen LogP contribution in [0.25, 0.3) is 0 Å². The van der Waals surface area contributed by atoms with E-state index in [-0.39, 0.29) is 0 Å². The lowest BCUT2D eigenvalue weighted by atomic mass is 9.85. The van der Waals surface area contributed by atoms with Gasteiger partial charge in [0.15, 0.2) is 0 Å². The topological polar surface area (TPSA) is 18.5 Å². The first kappa shape index (κ1) is 14.8. The molecule has 0 amide bonds. The van der Waals surface area contributed by atoms with Crippen LogP contribution in [0.15, 0.2) is 0 Å². The maximum atomic E-state index is 3.57. The van der Waals surface area contributed by atoms with Gasteiger partial charge in [-0.15, -0.1) is 0 Å². The third-order valence-corrected chi connectivity index (χ3v) is 5.96. The number of piperidine rings is 2. The molecule has 0 aromatic rings. The number of fused-ring (bicyclic) bond motifs is 1. The second-order valence-electron chi connectivity index (χ2n) is 7.36. The predicted octanol–water partition coefficient (Wildman–Crippen LogP) is 2.18. The molecule has 3 aliphatic rings. The Morgan fingerprint density at radius 3 is 2.90 bits per heavy atom. The molecular formula is C17H33N3. The largest absolute Gasteiger partial charge is 0.316 e. The fraction of sp³-hybridized carbons (Fsp3) is 1.00. The molecule has 3 heterocycles. The van der Waals surface area contributed by atoms with Crippen molar-refractivity contribution in [3.8, 4) is 0 Å². The van der Waals surface area contributed by atoms with E-state index >= 15 is 0 Å². The van der Waals surface area contributed by atoms with Crippen LogP contribution in [0.5, 0.6) is 0 Å². The first-order valence-corrected chi connectivity index (χ1v) is 9.00. The molecule has 3 nitrogen and oxygen atoms in total. The summed E-state index contributed by atoms with van der Waals surface area (Å²) in [6, 6.07) is 0.879. The molecule has 0 spiro atoms. The average molecular weight is 279 g/mol. The minimum atomic E-state index is 0.879. The molecule has 0 bridgehead atoms. The zero-order chi connectivity index (χ0) is 13.8. The van der Waals surface area contributed by atoms with Gasteiger partial charge in [0.25, 0.3) is 0 Å². The fourth-order valence-corrected chi connectivity index (χ4v) is 4.41. The molecule has 3 heteroatoms. The van der Waals surface area contributed by atoms with E-state index in [2.05, 4.69) is 22.0 Å². The Kier molecular flexibility index (Phi) is 5.36. The Labute approximate surface area is 125 Å². The number of rotatable bonds is 4. The van der Waals surface area contributed by atoms with Gasteiger partial charge in [0.1, 0.15) is 0 Å². The van der Waals surface area contributed by atoms with E-state index in [1.54, 1.807) is 0 Å². The maximum Gasteiger partial charge on any atom is 0.0223 e. The van der Waals surface area contributed by atoms with Crippen molar-refractivity contribution in [3.63, 3.8) is 0 Å². The predicted molar refractivity (Wildman–Crippen MR) is 85.0 cm³/mol. The molecule has 3 fully saturated rings. The summed E-state index contributed by atoms with van der Waals surface area (Å²) in [5, 5.41) is 3.57. The van der Waals surface area contributed by atoms with Crippen molar-refractivity contribution in [1.29, 1.82) is 0 Å². The van der Waals surface area contributed by atoms with Crippen LogP contribution in [0, 0.1) is 11.8 Å². The van der Waals surface area contributed by atoms with Crippen molar-refractivity contribution >= 4 is 0 Å². The Balaban J connectivity index is 1.39. The van der Waals surface area contributed by atoms with Crippen LogP contribution in [-0.2, 0) is 0 Å². The number of hydrogen-bond acceptors (Lipinski definition) is 3. The molecule has 0 aromatic heterocycles. The van der Waals surface area contributed by atoms with Crippen LogP contribution in [0.2, 0.25) is 0 Å². The van der Waals surface area contributed by atoms with Gasteiger partial charge >= 0.3 is 0 Å². The van der Waals surface area contributed by atoms with Crippen LogP contribution in [0.3, 0.4) is 0 Å². The Morgan fingerprint density at radius 1 is 1.10 bits per heavy atom. The lowest BCUT2D eigenvalue weighted by molar-refractivity contribution is 0.0453. The van der Waals surface area contributed by atoms with E-state index in [0.717, 1.165) is 17.9 Å². The smallest absolute Gasteiger partial charge is 0.0223 e. The summed E-state index contributed by atoms with van der Waals surface area (Å²) >= 11 is 0. The van der Waals surface area contributed by atoms with Crippen molar-refractivity contribution in [3.05, 3.63) is 0 Å². The summed E-state index contributed by atoms with van der Waals surface area (Å²) in [4.78, 5) is 5.49. The van der Waals surface area contributed by atoms with E-state index in [0.29, 0.717) is 0 Å². The van der Waals surface area contributed by atoms with Crippen LogP contribution >= 0.6 is 0 Å². The molecular weight excluding hydrogens is 246 g/mol. The number of hydrogen-bond donors (Lipinski definition) is 1. The summed E-state index contributed by atoms with van der Waals surface area (Å²) < 4.78 is 0. The van der Waals surface area contributed by atoms with E-state index in [4.69, 9.17) is 0 Å². The van der Waals surface area contributed by atoms with Gasteiger partial charge in [-0.1, -0.05) is 13.3 Å². The first-order valence-electron chi connectivity index (χ1n) is 9.00. The number of nitrogens with one attached hydrogen (secondary N) is 1. The molecule has 3 aliphatic heterocycles. The highest BCUT2D eigenvalue weighted by Crippen LogP contribution is 2.25. The molecule has 116 valence electrons. The molecule has 0 aliphatic carbocycles. The number of piperazine rings is 1. The first-order chi connectivity index (χ1) is 9.83. The summed E-state index contributed by atoms with van der Waals surface area (Å²) in [5.74, 6) is 1.83. The van der Waals surface area contributed by atoms with E-state index in [1.165, 1.54) is 84.3 Å². The van der Waals surface area contributed by atoms with Crippen molar-refractivity contribution in [1.82, 2.24) is 15.1 Å². The van der Waals surface area contributed by atoms with E-state index < -0.39 is 0 Å². The van der Waals surface area contributed by atoms with Crippen molar-refractivity contribution in [2.45, 2.75) is 51.5 Å². The second-order valence-corrected chi connectivity index (χ2v) is 7.36. The summed E-state index contributed by atoms with van der Waals surface area (Å²) in [6.45, 7) is 11.7. The van der Waals surface area contributed by atoms with Crippen LogP contribution in [0.4, 0.5) is 0 Å². The van der Waals surface area contributed by atoms with Gasteiger partial charge < -0.3 is 10.2 Å². The van der Waals surface area contributed by atoms with Gasteiger partial charge in [-0.05, 0) is 70.1 Å². The number of nitrogens with zero attached hydrogens (tertiary/aromatic N) is 2. The van der Waals surface area contributed by atoms with E-state index in [1.807, 2.05) is 0 Å². The van der Waals surface area contributed by atoms with Crippen LogP contribution < -0.4 is 5.32 Å². The van der Waals surface area contributed by atoms with Crippen LogP contribution in [-0.4, -0.2) is 61.7 Å². The molecule has 0 saturated carbocycles. The molecule has 1 N–H and O–H groups in total. The normalized spacial score (nSPS) is 34.6. The highest BCUT2D eigenvalue weighted by Gasteiger charge is 2.29. The Morgan fingerprint density at radius 2 is 2.05 bits per heavy atom. The summed E-state index contributed by atoms with van der Waals surface area (Å²) in [5.41, 5.74) is 0. The fourth-order valence-electron chi connectivity index (χ4n) is 4.41. The summed E-state index contributed by atoms with van der Waals surface area (Å²) in [7, 11) is 0. The zero-order valence-corrected chi connectivity index (χ0v) is 13.3. The lowest BCUT2D eigenvalue weighted by Gasteiger charge is -2.44. The van der Waals surface area contributed by atoms with Gasteiger partial charge in [0.05, 0.1) is 0 Å². The SMILES string of the molecule is CC(CCN1CCN2CCCCC2C1)C1CCCNC1. The van der Waals surface area contributed by atoms with Crippen molar-refractivity contribution in [2.24, 2.45) is 11.8 Å². The Hall–Kier alpha value is -0.120. The third kappa shape index (κ3) is 3.75. The summed E-state index contributed by atoms with van der Waals surface area (Å²) in [6.07, 6.45) is 8.57. The maximum absolute atomic E-state index is 3.57. The van der Waals surface area contributed by atoms with Crippen molar-refractivity contribution in [2.75, 3.05) is 45.8 Å². The van der Waals surface area contributed by atoms with Gasteiger partial charge in [-0.25, -0.2) is 0 Å². The van der Waals surface area contributed by atoms with E-state index in [9.17, 15) is 0 Å². The molecule has 3 unspecified atom stereocenters. The minimum absolute atomic E-state index is 0.879. The van der Waals surface area contributed by atoms with Crippen LogP contribution in [0.1, 0.15) is 45.4 Å². The Bertz CT molecular complexity index is 288. The second kappa shape index (κ2) is 7.24. The molecule has 3 atom stereocenters. The monoisotopic (exact) mass is 279 g/mol. The standard InChI is InChI=1S/C17H33N3/c1-15(16-5-4-8-18-13-16)7-10-19-11-12-20-9-3-2-6-17(20)14-19/h15-18H,2-14H2,1H3. The van der Waals surface area contributed by atoms with Gasteiger partial charge in [-0.3, -0.25) is 4.90 Å². The molecule has 20 heavy (non-hydrogen) atoms. The minimum Gasteiger partial charge on any atom is -0.316 e. The van der Waals surface area contributed by atoms with Gasteiger partial charge in [0.2, 0.25) is 0 Å². The molecule has 3 rings (SSSR count). The van der Waals surface area contributed by atoms with Crippen molar-refractivity contribution < 1.29 is 0 Å². The van der Waals surface area contributed by atoms with Gasteiger partial charge in [-0.2, -0.15) is 0 Å². The molecule has 3 saturated heterocycles. The van der Waals surface area contributed by atoms with Gasteiger partial charge in [0, 0.05) is 25.7 Å². The third-order valence-electron chi connectivity index (χ3n) is 5.96. The molecule has 0 aromatic carbocycles. The zero-order valence-electron chi connectivity index (χ0n) is 13.3. The molecule has 0 radical (unpaired) electrons.